The van der Waals surface area contributed by atoms with Gasteiger partial charge in [0.1, 0.15) is 5.75 Å². The molecule has 0 aromatic heterocycles. The first-order chi connectivity index (χ1) is 5.65. The summed E-state index contributed by atoms with van der Waals surface area (Å²) in [5, 5.41) is 0.729. The molecule has 1 rings (SSSR count). The molecule has 0 atom stereocenters. The van der Waals surface area contributed by atoms with Gasteiger partial charge in [0.05, 0.1) is 0 Å². The highest BCUT2D eigenvalue weighted by molar-refractivity contribution is 6.30. The van der Waals surface area contributed by atoms with Crippen molar-refractivity contribution in [3.63, 3.8) is 0 Å². The second kappa shape index (κ2) is 4.01. The summed E-state index contributed by atoms with van der Waals surface area (Å²) in [6.07, 6.45) is 0. The highest BCUT2D eigenvalue weighted by atomic mass is 35.5. The molecule has 0 fully saturated rings. The third kappa shape index (κ3) is 2.05. The van der Waals surface area contributed by atoms with E-state index in [2.05, 4.69) is 0 Å². The molecule has 66 valence electrons. The van der Waals surface area contributed by atoms with Crippen LogP contribution < -0.4 is 4.74 Å². The zero-order chi connectivity index (χ0) is 9.14. The van der Waals surface area contributed by atoms with Gasteiger partial charge in [-0.1, -0.05) is 23.2 Å². The minimum Gasteiger partial charge on any atom is -0.477 e. The SMILES string of the molecule is Cc1cc(Cl)cc(C)c1OCCl. The minimum atomic E-state index is 0.170. The molecule has 1 nitrogen and oxygen atoms in total. The van der Waals surface area contributed by atoms with Crippen molar-refractivity contribution in [2.45, 2.75) is 13.8 Å². The maximum Gasteiger partial charge on any atom is 0.162 e. The third-order valence-electron chi connectivity index (χ3n) is 1.62. The Balaban J connectivity index is 3.10. The summed E-state index contributed by atoms with van der Waals surface area (Å²) < 4.78 is 5.23. The van der Waals surface area contributed by atoms with Crippen LogP contribution in [-0.4, -0.2) is 6.07 Å². The van der Waals surface area contributed by atoms with Gasteiger partial charge in [0, 0.05) is 5.02 Å². The van der Waals surface area contributed by atoms with Crippen LogP contribution in [0.3, 0.4) is 0 Å². The van der Waals surface area contributed by atoms with Crippen LogP contribution >= 0.6 is 23.2 Å². The van der Waals surface area contributed by atoms with Crippen molar-refractivity contribution in [2.24, 2.45) is 0 Å². The topological polar surface area (TPSA) is 9.23 Å². The van der Waals surface area contributed by atoms with Gasteiger partial charge in [0.25, 0.3) is 0 Å². The van der Waals surface area contributed by atoms with E-state index in [0.29, 0.717) is 0 Å². The van der Waals surface area contributed by atoms with Crippen molar-refractivity contribution in [2.75, 3.05) is 6.07 Å². The Labute approximate surface area is 82.2 Å². The van der Waals surface area contributed by atoms with Crippen LogP contribution in [0.15, 0.2) is 12.1 Å². The van der Waals surface area contributed by atoms with E-state index in [1.165, 1.54) is 0 Å². The first-order valence-corrected chi connectivity index (χ1v) is 4.52. The molecule has 1 aromatic carbocycles. The monoisotopic (exact) mass is 204 g/mol. The average Bonchev–Trinajstić information content (AvgIpc) is 1.96. The summed E-state index contributed by atoms with van der Waals surface area (Å²) in [4.78, 5) is 0. The summed E-state index contributed by atoms with van der Waals surface area (Å²) in [6, 6.07) is 3.89. The van der Waals surface area contributed by atoms with E-state index in [-0.39, 0.29) is 6.07 Å². The van der Waals surface area contributed by atoms with Gasteiger partial charge in [-0.2, -0.15) is 0 Å². The molecule has 1 aromatic rings. The Hall–Kier alpha value is -0.400. The number of alkyl halides is 1. The molecule has 0 bridgehead atoms. The van der Waals surface area contributed by atoms with Gasteiger partial charge in [-0.25, -0.2) is 0 Å². The molecule has 0 saturated heterocycles. The van der Waals surface area contributed by atoms with Gasteiger partial charge in [-0.15, -0.1) is 0 Å². The van der Waals surface area contributed by atoms with Gasteiger partial charge in [-0.3, -0.25) is 0 Å². The van der Waals surface area contributed by atoms with E-state index in [1.54, 1.807) is 0 Å². The molecule has 0 unspecified atom stereocenters. The first kappa shape index (κ1) is 9.69. The molecule has 0 amide bonds. The maximum atomic E-state index is 5.83. The Morgan fingerprint density at radius 1 is 1.25 bits per heavy atom. The summed E-state index contributed by atoms with van der Waals surface area (Å²) in [6.45, 7) is 3.89. The minimum absolute atomic E-state index is 0.170. The van der Waals surface area contributed by atoms with Crippen molar-refractivity contribution >= 4 is 23.2 Å². The van der Waals surface area contributed by atoms with Crippen molar-refractivity contribution < 1.29 is 4.74 Å². The lowest BCUT2D eigenvalue weighted by molar-refractivity contribution is 0.382. The fourth-order valence-corrected chi connectivity index (χ4v) is 1.62. The first-order valence-electron chi connectivity index (χ1n) is 3.60. The van der Waals surface area contributed by atoms with E-state index >= 15 is 0 Å². The van der Waals surface area contributed by atoms with Crippen molar-refractivity contribution in [1.29, 1.82) is 0 Å². The molecule has 0 aliphatic heterocycles. The van der Waals surface area contributed by atoms with Crippen molar-refractivity contribution in [3.8, 4) is 5.75 Å². The molecule has 0 aliphatic carbocycles. The van der Waals surface area contributed by atoms with Gasteiger partial charge < -0.3 is 4.74 Å². The van der Waals surface area contributed by atoms with E-state index < -0.39 is 0 Å². The molecule has 0 radical (unpaired) electrons. The number of rotatable bonds is 2. The zero-order valence-electron chi connectivity index (χ0n) is 7.03. The van der Waals surface area contributed by atoms with Gasteiger partial charge in [0.15, 0.2) is 6.07 Å². The Morgan fingerprint density at radius 3 is 2.17 bits per heavy atom. The van der Waals surface area contributed by atoms with Crippen LogP contribution in [0.4, 0.5) is 0 Å². The average molecular weight is 205 g/mol. The molecular weight excluding hydrogens is 195 g/mol. The number of halogens is 2. The van der Waals surface area contributed by atoms with Crippen molar-refractivity contribution in [1.82, 2.24) is 0 Å². The second-order valence-corrected chi connectivity index (χ2v) is 3.28. The van der Waals surface area contributed by atoms with Gasteiger partial charge in [0.2, 0.25) is 0 Å². The third-order valence-corrected chi connectivity index (χ3v) is 1.95. The summed E-state index contributed by atoms with van der Waals surface area (Å²) in [5.41, 5.74) is 2.03. The van der Waals surface area contributed by atoms with E-state index in [1.807, 2.05) is 26.0 Å². The molecular formula is C9H10Cl2O. The Kier molecular flexibility index (Phi) is 3.24. The van der Waals surface area contributed by atoms with Gasteiger partial charge >= 0.3 is 0 Å². The zero-order valence-corrected chi connectivity index (χ0v) is 8.54. The quantitative estimate of drug-likeness (QED) is 0.671. The smallest absolute Gasteiger partial charge is 0.162 e. The second-order valence-electron chi connectivity index (χ2n) is 2.62. The lowest BCUT2D eigenvalue weighted by Crippen LogP contribution is -1.94. The maximum absolute atomic E-state index is 5.83. The predicted molar refractivity (Wildman–Crippen MR) is 52.3 cm³/mol. The standard InChI is InChI=1S/C9H10Cl2O/c1-6-3-8(11)4-7(2)9(6)12-5-10/h3-4H,5H2,1-2H3. The molecule has 12 heavy (non-hydrogen) atoms. The van der Waals surface area contributed by atoms with Crippen molar-refractivity contribution in [3.05, 3.63) is 28.3 Å². The largest absolute Gasteiger partial charge is 0.477 e. The fourth-order valence-electron chi connectivity index (χ4n) is 1.18. The summed E-state index contributed by atoms with van der Waals surface area (Å²) >= 11 is 11.3. The Morgan fingerprint density at radius 2 is 1.75 bits per heavy atom. The van der Waals surface area contributed by atoms with Crippen LogP contribution in [0.2, 0.25) is 5.02 Å². The van der Waals surface area contributed by atoms with Crippen LogP contribution in [-0.2, 0) is 0 Å². The molecule has 0 heterocycles. The highest BCUT2D eigenvalue weighted by Crippen LogP contribution is 2.26. The highest BCUT2D eigenvalue weighted by Gasteiger charge is 2.04. The van der Waals surface area contributed by atoms with Gasteiger partial charge in [-0.05, 0) is 37.1 Å². The molecule has 0 N–H and O–H groups in total. The number of aryl methyl sites for hydroxylation is 2. The molecule has 3 heteroatoms. The molecule has 0 spiro atoms. The Bertz CT molecular complexity index is 261. The number of hydrogen-bond acceptors (Lipinski definition) is 1. The summed E-state index contributed by atoms with van der Waals surface area (Å²) in [7, 11) is 0. The lowest BCUT2D eigenvalue weighted by Gasteiger charge is -2.09. The predicted octanol–water partition coefficient (Wildman–Crippen LogP) is 3.53. The number of hydrogen-bond donors (Lipinski definition) is 0. The normalized spacial score (nSPS) is 10.0. The van der Waals surface area contributed by atoms with Crippen LogP contribution in [0.5, 0.6) is 5.75 Å². The fraction of sp³-hybridized carbons (Fsp3) is 0.333. The molecule has 0 saturated carbocycles. The van der Waals surface area contributed by atoms with Crippen LogP contribution in [0.25, 0.3) is 0 Å². The van der Waals surface area contributed by atoms with E-state index in [9.17, 15) is 0 Å². The molecule has 0 aliphatic rings. The van der Waals surface area contributed by atoms with E-state index in [4.69, 9.17) is 27.9 Å². The lowest BCUT2D eigenvalue weighted by atomic mass is 10.1. The number of ether oxygens (including phenoxy) is 1. The number of benzene rings is 1. The summed E-state index contributed by atoms with van der Waals surface area (Å²) in [5.74, 6) is 0.828. The van der Waals surface area contributed by atoms with Crippen LogP contribution in [0, 0.1) is 13.8 Å². The van der Waals surface area contributed by atoms with Crippen LogP contribution in [0.1, 0.15) is 11.1 Å². The van der Waals surface area contributed by atoms with E-state index in [0.717, 1.165) is 21.9 Å².